The van der Waals surface area contributed by atoms with E-state index in [9.17, 15) is 9.59 Å². The highest BCUT2D eigenvalue weighted by molar-refractivity contribution is 6.35. The molecular weight excluding hydrogens is 256 g/mol. The SMILES string of the molecule is Cc1ccccc1CNC(=O)C(=O)NCc1ccco1. The van der Waals surface area contributed by atoms with Crippen LogP contribution in [0.25, 0.3) is 0 Å². The van der Waals surface area contributed by atoms with Gasteiger partial charge in [0.15, 0.2) is 0 Å². The summed E-state index contributed by atoms with van der Waals surface area (Å²) < 4.78 is 5.06. The molecular formula is C15H16N2O3. The summed E-state index contributed by atoms with van der Waals surface area (Å²) in [7, 11) is 0. The second kappa shape index (κ2) is 6.56. The predicted octanol–water partition coefficient (Wildman–Crippen LogP) is 1.52. The third-order valence-electron chi connectivity index (χ3n) is 2.91. The van der Waals surface area contributed by atoms with Crippen molar-refractivity contribution in [3.8, 4) is 0 Å². The van der Waals surface area contributed by atoms with Crippen LogP contribution in [0.15, 0.2) is 47.1 Å². The van der Waals surface area contributed by atoms with Crippen molar-refractivity contribution in [2.24, 2.45) is 0 Å². The number of nitrogens with one attached hydrogen (secondary N) is 2. The number of furan rings is 1. The van der Waals surface area contributed by atoms with Gasteiger partial charge >= 0.3 is 11.8 Å². The maximum absolute atomic E-state index is 11.6. The summed E-state index contributed by atoms with van der Waals surface area (Å²) in [5, 5.41) is 5.08. The molecule has 1 aromatic heterocycles. The third-order valence-corrected chi connectivity index (χ3v) is 2.91. The Balaban J connectivity index is 1.79. The average Bonchev–Trinajstić information content (AvgIpc) is 2.97. The van der Waals surface area contributed by atoms with Gasteiger partial charge in [0, 0.05) is 6.54 Å². The molecule has 0 fully saturated rings. The van der Waals surface area contributed by atoms with Gasteiger partial charge in [-0.15, -0.1) is 0 Å². The van der Waals surface area contributed by atoms with Gasteiger partial charge in [-0.2, -0.15) is 0 Å². The standard InChI is InChI=1S/C15H16N2O3/c1-11-5-2-3-6-12(11)9-16-14(18)15(19)17-10-13-7-4-8-20-13/h2-8H,9-10H2,1H3,(H,16,18)(H,17,19). The van der Waals surface area contributed by atoms with Crippen molar-refractivity contribution in [3.05, 3.63) is 59.5 Å². The van der Waals surface area contributed by atoms with E-state index in [1.165, 1.54) is 6.26 Å². The first kappa shape index (κ1) is 13.9. The molecule has 1 aromatic carbocycles. The number of aryl methyl sites for hydroxylation is 1. The van der Waals surface area contributed by atoms with Crippen LogP contribution in [0, 0.1) is 6.92 Å². The van der Waals surface area contributed by atoms with E-state index in [1.54, 1.807) is 12.1 Å². The lowest BCUT2D eigenvalue weighted by molar-refractivity contribution is -0.139. The molecule has 0 unspecified atom stereocenters. The zero-order chi connectivity index (χ0) is 14.4. The maximum Gasteiger partial charge on any atom is 0.309 e. The lowest BCUT2D eigenvalue weighted by Gasteiger charge is -2.07. The van der Waals surface area contributed by atoms with E-state index < -0.39 is 11.8 Å². The number of rotatable bonds is 4. The van der Waals surface area contributed by atoms with Gasteiger partial charge in [0.25, 0.3) is 0 Å². The normalized spacial score (nSPS) is 10.1. The van der Waals surface area contributed by atoms with Crippen molar-refractivity contribution in [1.82, 2.24) is 10.6 Å². The van der Waals surface area contributed by atoms with Gasteiger partial charge < -0.3 is 15.1 Å². The predicted molar refractivity (Wildman–Crippen MR) is 73.6 cm³/mol. The fraction of sp³-hybridized carbons (Fsp3) is 0.200. The lowest BCUT2D eigenvalue weighted by atomic mass is 10.1. The number of hydrogen-bond acceptors (Lipinski definition) is 3. The Hall–Kier alpha value is -2.56. The van der Waals surface area contributed by atoms with Crippen molar-refractivity contribution in [1.29, 1.82) is 0 Å². The monoisotopic (exact) mass is 272 g/mol. The van der Waals surface area contributed by atoms with Gasteiger partial charge in [-0.1, -0.05) is 24.3 Å². The molecule has 0 saturated heterocycles. The minimum atomic E-state index is -0.671. The van der Waals surface area contributed by atoms with E-state index in [2.05, 4.69) is 10.6 Å². The molecule has 0 spiro atoms. The molecule has 2 amide bonds. The first-order chi connectivity index (χ1) is 9.66. The quantitative estimate of drug-likeness (QED) is 0.829. The minimum Gasteiger partial charge on any atom is -0.467 e. The van der Waals surface area contributed by atoms with E-state index in [0.29, 0.717) is 12.3 Å². The molecule has 20 heavy (non-hydrogen) atoms. The lowest BCUT2D eigenvalue weighted by Crippen LogP contribution is -2.39. The molecule has 0 aliphatic rings. The van der Waals surface area contributed by atoms with Crippen molar-refractivity contribution >= 4 is 11.8 Å². The van der Waals surface area contributed by atoms with Crippen molar-refractivity contribution in [2.45, 2.75) is 20.0 Å². The number of carbonyl (C=O) groups excluding carboxylic acids is 2. The molecule has 5 nitrogen and oxygen atoms in total. The molecule has 0 aliphatic heterocycles. The van der Waals surface area contributed by atoms with E-state index >= 15 is 0 Å². The van der Waals surface area contributed by atoms with E-state index in [1.807, 2.05) is 31.2 Å². The molecule has 0 bridgehead atoms. The van der Waals surface area contributed by atoms with Crippen molar-refractivity contribution in [2.75, 3.05) is 0 Å². The van der Waals surface area contributed by atoms with Gasteiger partial charge in [0.2, 0.25) is 0 Å². The molecule has 2 aromatic rings. The molecule has 104 valence electrons. The first-order valence-corrected chi connectivity index (χ1v) is 6.29. The largest absolute Gasteiger partial charge is 0.467 e. The van der Waals surface area contributed by atoms with Crippen LogP contribution in [-0.4, -0.2) is 11.8 Å². The zero-order valence-corrected chi connectivity index (χ0v) is 11.2. The average molecular weight is 272 g/mol. The summed E-state index contributed by atoms with van der Waals surface area (Å²) in [5.74, 6) is -0.722. The summed E-state index contributed by atoms with van der Waals surface area (Å²) in [6.45, 7) is 2.49. The summed E-state index contributed by atoms with van der Waals surface area (Å²) >= 11 is 0. The molecule has 0 radical (unpaired) electrons. The Morgan fingerprint density at radius 2 is 1.70 bits per heavy atom. The van der Waals surface area contributed by atoms with Crippen LogP contribution in [0.2, 0.25) is 0 Å². The van der Waals surface area contributed by atoms with Crippen LogP contribution in [-0.2, 0) is 22.7 Å². The Morgan fingerprint density at radius 3 is 2.35 bits per heavy atom. The summed E-state index contributed by atoms with van der Waals surface area (Å²) in [5.41, 5.74) is 2.06. The van der Waals surface area contributed by atoms with Crippen LogP contribution in [0.5, 0.6) is 0 Å². The van der Waals surface area contributed by atoms with Crippen LogP contribution in [0.1, 0.15) is 16.9 Å². The summed E-state index contributed by atoms with van der Waals surface area (Å²) in [6.07, 6.45) is 1.51. The van der Waals surface area contributed by atoms with Gasteiger partial charge in [0.1, 0.15) is 5.76 Å². The molecule has 0 atom stereocenters. The topological polar surface area (TPSA) is 71.3 Å². The van der Waals surface area contributed by atoms with Crippen LogP contribution < -0.4 is 10.6 Å². The highest BCUT2D eigenvalue weighted by atomic mass is 16.3. The number of amides is 2. The van der Waals surface area contributed by atoms with Gasteiger partial charge in [-0.05, 0) is 30.2 Å². The van der Waals surface area contributed by atoms with Crippen LogP contribution >= 0.6 is 0 Å². The Morgan fingerprint density at radius 1 is 1.00 bits per heavy atom. The fourth-order valence-electron chi connectivity index (χ4n) is 1.73. The molecule has 2 rings (SSSR count). The maximum atomic E-state index is 11.6. The van der Waals surface area contributed by atoms with Gasteiger partial charge in [0.05, 0.1) is 12.8 Å². The highest BCUT2D eigenvalue weighted by Crippen LogP contribution is 2.05. The minimum absolute atomic E-state index is 0.198. The molecule has 0 aliphatic carbocycles. The Kier molecular flexibility index (Phi) is 4.55. The highest BCUT2D eigenvalue weighted by Gasteiger charge is 2.13. The molecule has 1 heterocycles. The number of hydrogen-bond donors (Lipinski definition) is 2. The van der Waals surface area contributed by atoms with E-state index in [4.69, 9.17) is 4.42 Å². The van der Waals surface area contributed by atoms with Gasteiger partial charge in [-0.25, -0.2) is 0 Å². The summed E-state index contributed by atoms with van der Waals surface area (Å²) in [6, 6.07) is 11.1. The Labute approximate surface area is 117 Å². The number of benzene rings is 1. The van der Waals surface area contributed by atoms with Crippen LogP contribution in [0.3, 0.4) is 0 Å². The second-order valence-corrected chi connectivity index (χ2v) is 4.37. The second-order valence-electron chi connectivity index (χ2n) is 4.37. The van der Waals surface area contributed by atoms with Crippen molar-refractivity contribution < 1.29 is 14.0 Å². The van der Waals surface area contributed by atoms with Crippen LogP contribution in [0.4, 0.5) is 0 Å². The fourth-order valence-corrected chi connectivity index (χ4v) is 1.73. The van der Waals surface area contributed by atoms with E-state index in [-0.39, 0.29) is 6.54 Å². The third kappa shape index (κ3) is 3.71. The van der Waals surface area contributed by atoms with Crippen molar-refractivity contribution in [3.63, 3.8) is 0 Å². The van der Waals surface area contributed by atoms with E-state index in [0.717, 1.165) is 11.1 Å². The Bertz CT molecular complexity index is 591. The first-order valence-electron chi connectivity index (χ1n) is 6.29. The molecule has 0 saturated carbocycles. The smallest absolute Gasteiger partial charge is 0.309 e. The summed E-state index contributed by atoms with van der Waals surface area (Å²) in [4.78, 5) is 23.2. The van der Waals surface area contributed by atoms with Gasteiger partial charge in [-0.3, -0.25) is 9.59 Å². The molecule has 2 N–H and O–H groups in total. The number of carbonyl (C=O) groups is 2. The zero-order valence-electron chi connectivity index (χ0n) is 11.2. The molecule has 5 heteroatoms.